The quantitative estimate of drug-likeness (QED) is 0.322. The molecule has 0 saturated carbocycles. The summed E-state index contributed by atoms with van der Waals surface area (Å²) in [7, 11) is 3.31. The molecule has 7 heteroatoms. The monoisotopic (exact) mass is 482 g/mol. The number of carbonyl (C=O) groups excluding carboxylic acids is 1. The van der Waals surface area contributed by atoms with Crippen molar-refractivity contribution in [1.29, 1.82) is 0 Å². The zero-order valence-corrected chi connectivity index (χ0v) is 18.2. The van der Waals surface area contributed by atoms with Gasteiger partial charge in [0.2, 0.25) is 5.91 Å². The maximum absolute atomic E-state index is 12.0. The molecule has 3 N–H and O–H groups in total. The minimum Gasteiger partial charge on any atom is -0.497 e. The van der Waals surface area contributed by atoms with Crippen molar-refractivity contribution in [1.82, 2.24) is 16.0 Å². The van der Waals surface area contributed by atoms with Gasteiger partial charge in [0, 0.05) is 20.1 Å². The number of methoxy groups -OCH3 is 1. The van der Waals surface area contributed by atoms with E-state index in [9.17, 15) is 4.79 Å². The van der Waals surface area contributed by atoms with Gasteiger partial charge in [-0.05, 0) is 30.2 Å². The Labute approximate surface area is 177 Å². The van der Waals surface area contributed by atoms with Crippen LogP contribution in [0.15, 0.2) is 53.5 Å². The highest BCUT2D eigenvalue weighted by Gasteiger charge is 2.04. The predicted octanol–water partition coefficient (Wildman–Crippen LogP) is 2.60. The normalized spacial score (nSPS) is 10.6. The fourth-order valence-electron chi connectivity index (χ4n) is 2.40. The van der Waals surface area contributed by atoms with E-state index in [2.05, 4.69) is 46.1 Å². The van der Waals surface area contributed by atoms with Crippen molar-refractivity contribution in [2.24, 2.45) is 4.99 Å². The third-order valence-corrected chi connectivity index (χ3v) is 3.83. The van der Waals surface area contributed by atoms with Gasteiger partial charge in [0.1, 0.15) is 5.75 Å². The Bertz CT molecular complexity index is 748. The first-order valence-electron chi connectivity index (χ1n) is 8.50. The number of nitrogens with zero attached hydrogens (tertiary/aromatic N) is 1. The Morgan fingerprint density at radius 2 is 1.70 bits per heavy atom. The number of amides is 1. The maximum atomic E-state index is 12.0. The van der Waals surface area contributed by atoms with Crippen LogP contribution in [-0.2, 0) is 17.9 Å². The van der Waals surface area contributed by atoms with E-state index in [-0.39, 0.29) is 36.4 Å². The minimum atomic E-state index is -0.0978. The van der Waals surface area contributed by atoms with Gasteiger partial charge in [0.15, 0.2) is 5.96 Å². The van der Waals surface area contributed by atoms with Crippen molar-refractivity contribution in [3.05, 3.63) is 65.2 Å². The van der Waals surface area contributed by atoms with Crippen LogP contribution in [-0.4, -0.2) is 32.6 Å². The summed E-state index contributed by atoms with van der Waals surface area (Å²) >= 11 is 0. The van der Waals surface area contributed by atoms with E-state index < -0.39 is 0 Å². The lowest BCUT2D eigenvalue weighted by Gasteiger charge is -2.12. The Morgan fingerprint density at radius 1 is 1.00 bits per heavy atom. The first-order chi connectivity index (χ1) is 12.6. The van der Waals surface area contributed by atoms with Crippen molar-refractivity contribution < 1.29 is 9.53 Å². The molecular weight excluding hydrogens is 455 g/mol. The number of halogens is 1. The van der Waals surface area contributed by atoms with Gasteiger partial charge in [-0.25, -0.2) is 0 Å². The number of nitrogens with one attached hydrogen (secondary N) is 3. The van der Waals surface area contributed by atoms with Gasteiger partial charge in [-0.1, -0.05) is 42.0 Å². The van der Waals surface area contributed by atoms with Crippen molar-refractivity contribution >= 4 is 35.8 Å². The summed E-state index contributed by atoms with van der Waals surface area (Å²) in [5, 5.41) is 9.09. The van der Waals surface area contributed by atoms with E-state index in [0.29, 0.717) is 19.0 Å². The van der Waals surface area contributed by atoms with Crippen molar-refractivity contribution in [2.45, 2.75) is 20.0 Å². The second-order valence-electron chi connectivity index (χ2n) is 5.89. The number of ether oxygens (including phenoxy) is 1. The number of carbonyl (C=O) groups is 1. The van der Waals surface area contributed by atoms with Gasteiger partial charge in [0.25, 0.3) is 0 Å². The fourth-order valence-corrected chi connectivity index (χ4v) is 2.40. The van der Waals surface area contributed by atoms with Crippen LogP contribution < -0.4 is 20.7 Å². The first-order valence-corrected chi connectivity index (χ1v) is 8.50. The molecule has 1 amide bonds. The molecule has 0 radical (unpaired) electrons. The predicted molar refractivity (Wildman–Crippen MR) is 120 cm³/mol. The second-order valence-corrected chi connectivity index (χ2v) is 5.89. The topological polar surface area (TPSA) is 74.8 Å². The molecule has 6 nitrogen and oxygen atoms in total. The van der Waals surface area contributed by atoms with Crippen molar-refractivity contribution in [3.8, 4) is 5.75 Å². The lowest BCUT2D eigenvalue weighted by atomic mass is 10.1. The molecule has 0 fully saturated rings. The molecule has 2 aromatic rings. The Morgan fingerprint density at radius 3 is 2.33 bits per heavy atom. The highest BCUT2D eigenvalue weighted by atomic mass is 127. The van der Waals surface area contributed by atoms with E-state index in [1.807, 2.05) is 30.3 Å². The Kier molecular flexibility index (Phi) is 10.2. The molecule has 27 heavy (non-hydrogen) atoms. The molecule has 0 saturated heterocycles. The van der Waals surface area contributed by atoms with Crippen LogP contribution >= 0.6 is 24.0 Å². The van der Waals surface area contributed by atoms with Gasteiger partial charge in [-0.2, -0.15) is 0 Å². The number of aryl methyl sites for hydroxylation is 1. The van der Waals surface area contributed by atoms with Gasteiger partial charge >= 0.3 is 0 Å². The molecule has 0 aliphatic rings. The number of aliphatic imine (C=N–C) groups is 1. The van der Waals surface area contributed by atoms with E-state index in [4.69, 9.17) is 4.74 Å². The van der Waals surface area contributed by atoms with Gasteiger partial charge in [0.05, 0.1) is 13.7 Å². The summed E-state index contributed by atoms with van der Waals surface area (Å²) in [5.74, 6) is 1.29. The third kappa shape index (κ3) is 8.29. The third-order valence-electron chi connectivity index (χ3n) is 3.83. The summed E-state index contributed by atoms with van der Waals surface area (Å²) in [4.78, 5) is 16.1. The number of benzene rings is 2. The molecule has 0 bridgehead atoms. The van der Waals surface area contributed by atoms with Gasteiger partial charge in [-0.15, -0.1) is 24.0 Å². The molecule has 0 atom stereocenters. The maximum Gasteiger partial charge on any atom is 0.239 e. The number of guanidine groups is 1. The van der Waals surface area contributed by atoms with Crippen LogP contribution in [0.5, 0.6) is 5.75 Å². The van der Waals surface area contributed by atoms with Crippen LogP contribution in [0.1, 0.15) is 16.7 Å². The Balaban J connectivity index is 0.00000364. The fraction of sp³-hybridized carbons (Fsp3) is 0.300. The van der Waals surface area contributed by atoms with Crippen molar-refractivity contribution in [3.63, 3.8) is 0 Å². The van der Waals surface area contributed by atoms with E-state index in [1.165, 1.54) is 5.56 Å². The largest absolute Gasteiger partial charge is 0.497 e. The molecule has 0 unspecified atom stereocenters. The summed E-state index contributed by atoms with van der Waals surface area (Å²) in [6.45, 7) is 3.34. The summed E-state index contributed by atoms with van der Waals surface area (Å²) in [6, 6.07) is 15.8. The summed E-state index contributed by atoms with van der Waals surface area (Å²) in [5.41, 5.74) is 3.39. The second kappa shape index (κ2) is 12.2. The highest BCUT2D eigenvalue weighted by molar-refractivity contribution is 14.0. The SMILES string of the molecule is CN=C(NCC(=O)NCc1ccc(OC)cc1)NCc1cccc(C)c1.I. The Hall–Kier alpha value is -2.29. The summed E-state index contributed by atoms with van der Waals surface area (Å²) < 4.78 is 5.12. The molecule has 0 aliphatic heterocycles. The molecule has 2 aromatic carbocycles. The van der Waals surface area contributed by atoms with Crippen LogP contribution in [0.4, 0.5) is 0 Å². The van der Waals surface area contributed by atoms with Gasteiger partial charge in [-0.3, -0.25) is 9.79 Å². The molecular formula is C20H27IN4O2. The molecule has 2 rings (SSSR count). The number of rotatable bonds is 7. The highest BCUT2D eigenvalue weighted by Crippen LogP contribution is 2.10. The van der Waals surface area contributed by atoms with Gasteiger partial charge < -0.3 is 20.7 Å². The van der Waals surface area contributed by atoms with E-state index in [1.54, 1.807) is 14.2 Å². The molecule has 0 spiro atoms. The van der Waals surface area contributed by atoms with Crippen molar-refractivity contribution in [2.75, 3.05) is 20.7 Å². The standard InChI is InChI=1S/C20H26N4O2.HI/c1-15-5-4-6-17(11-15)13-23-20(21-2)24-14-19(25)22-12-16-7-9-18(26-3)10-8-16;/h4-11H,12-14H2,1-3H3,(H,22,25)(H2,21,23,24);1H. The van der Waals surface area contributed by atoms with Crippen LogP contribution in [0.2, 0.25) is 0 Å². The average Bonchev–Trinajstić information content (AvgIpc) is 2.67. The average molecular weight is 482 g/mol. The lowest BCUT2D eigenvalue weighted by Crippen LogP contribution is -2.42. The minimum absolute atomic E-state index is 0. The summed E-state index contributed by atoms with van der Waals surface area (Å²) in [6.07, 6.45) is 0. The number of hydrogen-bond donors (Lipinski definition) is 3. The van der Waals surface area contributed by atoms with Crippen LogP contribution in [0, 0.1) is 6.92 Å². The first kappa shape index (κ1) is 22.8. The molecule has 0 aliphatic carbocycles. The molecule has 0 aromatic heterocycles. The molecule has 0 heterocycles. The van der Waals surface area contributed by atoms with Crippen LogP contribution in [0.25, 0.3) is 0 Å². The van der Waals surface area contributed by atoms with E-state index >= 15 is 0 Å². The zero-order chi connectivity index (χ0) is 18.8. The van der Waals surface area contributed by atoms with Crippen LogP contribution in [0.3, 0.4) is 0 Å². The molecule has 146 valence electrons. The zero-order valence-electron chi connectivity index (χ0n) is 15.9. The lowest BCUT2D eigenvalue weighted by molar-refractivity contribution is -0.120. The van der Waals surface area contributed by atoms with E-state index in [0.717, 1.165) is 16.9 Å². The smallest absolute Gasteiger partial charge is 0.239 e. The number of hydrogen-bond acceptors (Lipinski definition) is 3.